The normalized spacial score (nSPS) is 14.5. The number of guanidine groups is 1. The van der Waals surface area contributed by atoms with Gasteiger partial charge in [0.1, 0.15) is 17.1 Å². The molecule has 1 aromatic heterocycles. The van der Waals surface area contributed by atoms with Crippen LogP contribution in [0.5, 0.6) is 0 Å². The first-order valence-corrected chi connectivity index (χ1v) is 11.1. The number of nitrogens with one attached hydrogen (secondary N) is 2. The van der Waals surface area contributed by atoms with Gasteiger partial charge in [-0.2, -0.15) is 0 Å². The van der Waals surface area contributed by atoms with Crippen molar-refractivity contribution in [3.8, 4) is 0 Å². The maximum absolute atomic E-state index is 11.6. The third-order valence-electron chi connectivity index (χ3n) is 4.21. The Kier molecular flexibility index (Phi) is 11.6. The summed E-state index contributed by atoms with van der Waals surface area (Å²) in [5.41, 5.74) is -0.411. The summed E-state index contributed by atoms with van der Waals surface area (Å²) in [4.78, 5) is 4.47. The summed E-state index contributed by atoms with van der Waals surface area (Å²) in [5, 5.41) is 17.1. The van der Waals surface area contributed by atoms with E-state index in [1.807, 2.05) is 33.8 Å². The number of furan rings is 1. The zero-order chi connectivity index (χ0) is 20.7. The molecule has 1 unspecified atom stereocenters. The van der Waals surface area contributed by atoms with Gasteiger partial charge in [0, 0.05) is 31.7 Å². The zero-order valence-electron chi connectivity index (χ0n) is 17.7. The molecule has 164 valence electrons. The summed E-state index contributed by atoms with van der Waals surface area (Å²) in [6.45, 7) is 11.5. The molecule has 0 fully saturated rings. The van der Waals surface area contributed by atoms with E-state index in [0.717, 1.165) is 11.3 Å². The van der Waals surface area contributed by atoms with Crippen LogP contribution in [0.3, 0.4) is 0 Å². The number of aliphatic imine (C=N–C) groups is 1. The van der Waals surface area contributed by atoms with Crippen LogP contribution in [-0.4, -0.2) is 62.8 Å². The Morgan fingerprint density at radius 2 is 1.96 bits per heavy atom. The minimum absolute atomic E-state index is 0. The highest BCUT2D eigenvalue weighted by Crippen LogP contribution is 2.27. The van der Waals surface area contributed by atoms with Gasteiger partial charge in [0.05, 0.1) is 12.8 Å². The molecule has 0 aliphatic rings. The second-order valence-corrected chi connectivity index (χ2v) is 8.81. The highest BCUT2D eigenvalue weighted by atomic mass is 127. The van der Waals surface area contributed by atoms with Gasteiger partial charge in [-0.3, -0.25) is 0 Å². The van der Waals surface area contributed by atoms with E-state index in [1.165, 1.54) is 10.6 Å². The van der Waals surface area contributed by atoms with Gasteiger partial charge in [0.2, 0.25) is 10.0 Å². The maximum atomic E-state index is 11.6. The van der Waals surface area contributed by atoms with Crippen molar-refractivity contribution in [3.63, 3.8) is 0 Å². The van der Waals surface area contributed by atoms with Crippen LogP contribution in [0.1, 0.15) is 44.3 Å². The Morgan fingerprint density at radius 1 is 1.32 bits per heavy atom. The number of halogens is 1. The zero-order valence-corrected chi connectivity index (χ0v) is 20.8. The van der Waals surface area contributed by atoms with Gasteiger partial charge in [-0.15, -0.1) is 24.0 Å². The topological polar surface area (TPSA) is 107 Å². The van der Waals surface area contributed by atoms with Crippen LogP contribution in [0.25, 0.3) is 0 Å². The van der Waals surface area contributed by atoms with Gasteiger partial charge in [-0.25, -0.2) is 17.7 Å². The highest BCUT2D eigenvalue weighted by molar-refractivity contribution is 14.0. The van der Waals surface area contributed by atoms with Gasteiger partial charge in [-0.05, 0) is 40.2 Å². The van der Waals surface area contributed by atoms with E-state index >= 15 is 0 Å². The second-order valence-electron chi connectivity index (χ2n) is 6.83. The molecular weight excluding hydrogens is 495 g/mol. The molecule has 8 nitrogen and oxygen atoms in total. The molecule has 1 rings (SSSR count). The molecule has 0 spiro atoms. The fourth-order valence-corrected chi connectivity index (χ4v) is 3.78. The molecule has 1 heterocycles. The van der Waals surface area contributed by atoms with Crippen LogP contribution in [-0.2, 0) is 15.6 Å². The van der Waals surface area contributed by atoms with Crippen LogP contribution >= 0.6 is 24.0 Å². The minimum atomic E-state index is -3.17. The lowest BCUT2D eigenvalue weighted by molar-refractivity contribution is 0.0657. The molecule has 0 amide bonds. The van der Waals surface area contributed by atoms with Crippen molar-refractivity contribution < 1.29 is 17.9 Å². The van der Waals surface area contributed by atoms with E-state index in [2.05, 4.69) is 15.6 Å². The van der Waals surface area contributed by atoms with E-state index in [1.54, 1.807) is 6.92 Å². The highest BCUT2D eigenvalue weighted by Gasteiger charge is 2.27. The molecule has 0 bridgehead atoms. The Labute approximate surface area is 186 Å². The molecule has 0 aliphatic heterocycles. The Balaban J connectivity index is 0.00000729. The summed E-state index contributed by atoms with van der Waals surface area (Å²) < 4.78 is 30.1. The summed E-state index contributed by atoms with van der Waals surface area (Å²) in [7, 11) is -3.17. The van der Waals surface area contributed by atoms with Crippen molar-refractivity contribution in [2.75, 3.05) is 39.0 Å². The lowest BCUT2D eigenvalue weighted by Crippen LogP contribution is -2.40. The van der Waals surface area contributed by atoms with Gasteiger partial charge in [0.15, 0.2) is 5.96 Å². The van der Waals surface area contributed by atoms with Crippen molar-refractivity contribution >= 4 is 40.0 Å². The van der Waals surface area contributed by atoms with Gasteiger partial charge in [0.25, 0.3) is 0 Å². The molecule has 0 saturated carbocycles. The maximum Gasteiger partial charge on any atom is 0.211 e. The third-order valence-corrected chi connectivity index (χ3v) is 5.59. The van der Waals surface area contributed by atoms with E-state index in [0.29, 0.717) is 44.3 Å². The van der Waals surface area contributed by atoms with E-state index in [-0.39, 0.29) is 30.5 Å². The molecule has 3 N–H and O–H groups in total. The average Bonchev–Trinajstić information content (AvgIpc) is 2.90. The Bertz CT molecular complexity index is 732. The van der Waals surface area contributed by atoms with E-state index < -0.39 is 15.6 Å². The number of hydrogen-bond acceptors (Lipinski definition) is 5. The van der Waals surface area contributed by atoms with Crippen molar-refractivity contribution in [1.29, 1.82) is 0 Å². The lowest BCUT2D eigenvalue weighted by atomic mass is 9.96. The van der Waals surface area contributed by atoms with Crippen LogP contribution in [0.2, 0.25) is 0 Å². The van der Waals surface area contributed by atoms with Crippen molar-refractivity contribution in [2.45, 2.75) is 46.6 Å². The largest absolute Gasteiger partial charge is 0.466 e. The predicted octanol–water partition coefficient (Wildman–Crippen LogP) is 1.95. The van der Waals surface area contributed by atoms with Crippen molar-refractivity contribution in [3.05, 3.63) is 23.2 Å². The molecule has 0 radical (unpaired) electrons. The first-order valence-electron chi connectivity index (χ1n) is 9.28. The van der Waals surface area contributed by atoms with E-state index in [9.17, 15) is 13.5 Å². The van der Waals surface area contributed by atoms with E-state index in [4.69, 9.17) is 4.42 Å². The number of nitrogens with zero attached hydrogens (tertiary/aromatic N) is 2. The summed E-state index contributed by atoms with van der Waals surface area (Å²) in [6, 6.07) is 1.83. The van der Waals surface area contributed by atoms with Crippen LogP contribution in [0.4, 0.5) is 0 Å². The number of rotatable bonds is 10. The molecule has 28 heavy (non-hydrogen) atoms. The van der Waals surface area contributed by atoms with Gasteiger partial charge >= 0.3 is 0 Å². The minimum Gasteiger partial charge on any atom is -0.466 e. The molecule has 0 saturated heterocycles. The molecular formula is C18H35IN4O4S. The lowest BCUT2D eigenvalue weighted by Gasteiger charge is -2.22. The van der Waals surface area contributed by atoms with Crippen LogP contribution < -0.4 is 10.6 Å². The predicted molar refractivity (Wildman–Crippen MR) is 124 cm³/mol. The second kappa shape index (κ2) is 12.0. The average molecular weight is 530 g/mol. The monoisotopic (exact) mass is 530 g/mol. The fourth-order valence-electron chi connectivity index (χ4n) is 2.85. The van der Waals surface area contributed by atoms with Crippen molar-refractivity contribution in [2.24, 2.45) is 4.99 Å². The molecule has 0 aromatic carbocycles. The summed E-state index contributed by atoms with van der Waals surface area (Å²) >= 11 is 0. The summed E-state index contributed by atoms with van der Waals surface area (Å²) in [6.07, 6.45) is 1.87. The van der Waals surface area contributed by atoms with Gasteiger partial charge < -0.3 is 20.2 Å². The number of hydrogen-bond donors (Lipinski definition) is 3. The first kappa shape index (κ1) is 27.1. The Morgan fingerprint density at radius 3 is 2.43 bits per heavy atom. The van der Waals surface area contributed by atoms with Crippen LogP contribution in [0.15, 0.2) is 15.5 Å². The third kappa shape index (κ3) is 8.66. The number of aliphatic hydroxyl groups is 1. The molecule has 0 aliphatic carbocycles. The fraction of sp³-hybridized carbons (Fsp3) is 0.722. The number of sulfonamides is 1. The first-order chi connectivity index (χ1) is 12.5. The van der Waals surface area contributed by atoms with Gasteiger partial charge in [-0.1, -0.05) is 6.92 Å². The molecule has 1 aromatic rings. The Hall–Kier alpha value is -0.850. The molecule has 1 atom stereocenters. The smallest absolute Gasteiger partial charge is 0.211 e. The quantitative estimate of drug-likeness (QED) is 0.185. The van der Waals surface area contributed by atoms with Crippen LogP contribution in [0, 0.1) is 13.8 Å². The SMILES string of the molecule is CCNC(=NCC(C)(O)c1cc(C)oc1C)NCCCN(CC)S(C)(=O)=O.I. The standard InChI is InChI=1S/C18H34N4O4S.HI/c1-7-19-17(20-10-9-11-22(8-2)27(6,24)25)21-13-18(5,23)16-12-14(3)26-15(16)4;/h12,23H,7-11,13H2,1-6H3,(H2,19,20,21);1H. The molecule has 10 heteroatoms. The number of aryl methyl sites for hydroxylation is 2. The summed E-state index contributed by atoms with van der Waals surface area (Å²) in [5.74, 6) is 2.02. The van der Waals surface area contributed by atoms with Crippen molar-refractivity contribution in [1.82, 2.24) is 14.9 Å².